The predicted octanol–water partition coefficient (Wildman–Crippen LogP) is 2.14. The molecule has 1 aromatic carbocycles. The highest BCUT2D eigenvalue weighted by atomic mass is 79.9. The van der Waals surface area contributed by atoms with Gasteiger partial charge in [-0.05, 0) is 37.0 Å². The fourth-order valence-electron chi connectivity index (χ4n) is 1.63. The van der Waals surface area contributed by atoms with Gasteiger partial charge < -0.3 is 5.73 Å². The number of nitrogens with two attached hydrogens (primary N) is 1. The van der Waals surface area contributed by atoms with Crippen molar-refractivity contribution in [2.45, 2.75) is 25.3 Å². The van der Waals surface area contributed by atoms with E-state index in [2.05, 4.69) is 15.9 Å². The largest absolute Gasteiger partial charge is 0.327 e. The third-order valence-electron chi connectivity index (χ3n) is 2.50. The topological polar surface area (TPSA) is 60.2 Å². The molecule has 0 spiro atoms. The molecule has 0 amide bonds. The van der Waals surface area contributed by atoms with Crippen molar-refractivity contribution in [3.8, 4) is 0 Å². The van der Waals surface area contributed by atoms with Crippen molar-refractivity contribution in [2.24, 2.45) is 5.73 Å². The molecular weight excluding hydrogens is 302 g/mol. The molecule has 1 rings (SSSR count). The van der Waals surface area contributed by atoms with E-state index in [9.17, 15) is 8.42 Å². The van der Waals surface area contributed by atoms with Gasteiger partial charge in [-0.1, -0.05) is 28.1 Å². The molecule has 5 heteroatoms. The van der Waals surface area contributed by atoms with Crippen LogP contribution in [0.3, 0.4) is 0 Å². The van der Waals surface area contributed by atoms with Crippen LogP contribution >= 0.6 is 15.9 Å². The lowest BCUT2D eigenvalue weighted by Gasteiger charge is -2.11. The number of sulfone groups is 1. The van der Waals surface area contributed by atoms with E-state index in [1.165, 1.54) is 11.8 Å². The highest BCUT2D eigenvalue weighted by molar-refractivity contribution is 9.10. The SMILES string of the molecule is CS(=O)(=O)CCCC(N)Cc1ccc(Br)cc1. The van der Waals surface area contributed by atoms with E-state index in [0.29, 0.717) is 6.42 Å². The Morgan fingerprint density at radius 1 is 1.29 bits per heavy atom. The predicted molar refractivity (Wildman–Crippen MR) is 74.8 cm³/mol. The fraction of sp³-hybridized carbons (Fsp3) is 0.500. The first-order valence-electron chi connectivity index (χ1n) is 5.54. The van der Waals surface area contributed by atoms with E-state index in [1.807, 2.05) is 24.3 Å². The molecule has 0 bridgehead atoms. The summed E-state index contributed by atoms with van der Waals surface area (Å²) in [6.07, 6.45) is 3.42. The molecule has 0 radical (unpaired) electrons. The normalized spacial score (nSPS) is 13.6. The van der Waals surface area contributed by atoms with Crippen LogP contribution in [0.4, 0.5) is 0 Å². The van der Waals surface area contributed by atoms with Crippen LogP contribution in [0.5, 0.6) is 0 Å². The van der Waals surface area contributed by atoms with Gasteiger partial charge in [0.1, 0.15) is 9.84 Å². The second kappa shape index (κ2) is 6.52. The number of rotatable bonds is 6. The van der Waals surface area contributed by atoms with Gasteiger partial charge in [-0.2, -0.15) is 0 Å². The van der Waals surface area contributed by atoms with E-state index >= 15 is 0 Å². The molecule has 1 atom stereocenters. The lowest BCUT2D eigenvalue weighted by Crippen LogP contribution is -2.23. The summed E-state index contributed by atoms with van der Waals surface area (Å²) in [7, 11) is -2.86. The smallest absolute Gasteiger partial charge is 0.147 e. The van der Waals surface area contributed by atoms with Gasteiger partial charge in [-0.25, -0.2) is 8.42 Å². The summed E-state index contributed by atoms with van der Waals surface area (Å²) in [6.45, 7) is 0. The van der Waals surface area contributed by atoms with Gasteiger partial charge in [0.05, 0.1) is 0 Å². The minimum atomic E-state index is -2.86. The first-order valence-corrected chi connectivity index (χ1v) is 8.40. The van der Waals surface area contributed by atoms with Crippen LogP contribution in [0.25, 0.3) is 0 Å². The molecule has 0 saturated carbocycles. The third kappa shape index (κ3) is 6.81. The Morgan fingerprint density at radius 3 is 2.41 bits per heavy atom. The lowest BCUT2D eigenvalue weighted by molar-refractivity contribution is 0.577. The summed E-state index contributed by atoms with van der Waals surface area (Å²) >= 11 is 3.38. The van der Waals surface area contributed by atoms with Gasteiger partial charge in [0, 0.05) is 22.5 Å². The quantitative estimate of drug-likeness (QED) is 0.874. The molecule has 2 N–H and O–H groups in total. The van der Waals surface area contributed by atoms with Crippen molar-refractivity contribution < 1.29 is 8.42 Å². The van der Waals surface area contributed by atoms with Crippen molar-refractivity contribution >= 4 is 25.8 Å². The van der Waals surface area contributed by atoms with Gasteiger partial charge >= 0.3 is 0 Å². The Bertz CT molecular complexity index is 442. The summed E-state index contributed by atoms with van der Waals surface area (Å²) in [5, 5.41) is 0. The minimum Gasteiger partial charge on any atom is -0.327 e. The van der Waals surface area contributed by atoms with Gasteiger partial charge in [-0.3, -0.25) is 0 Å². The second-order valence-corrected chi connectivity index (χ2v) is 7.54. The Kier molecular flexibility index (Phi) is 5.62. The standard InChI is InChI=1S/C12H18BrNO2S/c1-17(15,16)8-2-3-12(14)9-10-4-6-11(13)7-5-10/h4-7,12H,2-3,8-9,14H2,1H3. The molecule has 3 nitrogen and oxygen atoms in total. The van der Waals surface area contributed by atoms with Crippen molar-refractivity contribution in [2.75, 3.05) is 12.0 Å². The van der Waals surface area contributed by atoms with E-state index in [1.54, 1.807) is 0 Å². The van der Waals surface area contributed by atoms with E-state index in [0.717, 1.165) is 17.3 Å². The van der Waals surface area contributed by atoms with Crippen LogP contribution in [0.1, 0.15) is 18.4 Å². The Hall–Kier alpha value is -0.390. The minimum absolute atomic E-state index is 0.0259. The summed E-state index contributed by atoms with van der Waals surface area (Å²) in [6, 6.07) is 8.05. The molecular formula is C12H18BrNO2S. The first-order chi connectivity index (χ1) is 7.87. The summed E-state index contributed by atoms with van der Waals surface area (Å²) in [4.78, 5) is 0. The van der Waals surface area contributed by atoms with Gasteiger partial charge in [0.25, 0.3) is 0 Å². The number of hydrogen-bond acceptors (Lipinski definition) is 3. The zero-order valence-corrected chi connectivity index (χ0v) is 12.3. The van der Waals surface area contributed by atoms with E-state index < -0.39 is 9.84 Å². The maximum absolute atomic E-state index is 11.0. The van der Waals surface area contributed by atoms with Crippen LogP contribution in [0, 0.1) is 0 Å². The first kappa shape index (κ1) is 14.7. The molecule has 0 aliphatic heterocycles. The van der Waals surface area contributed by atoms with E-state index in [4.69, 9.17) is 5.73 Å². The van der Waals surface area contributed by atoms with Crippen LogP contribution < -0.4 is 5.73 Å². The average molecular weight is 320 g/mol. The maximum atomic E-state index is 11.0. The molecule has 0 fully saturated rings. The van der Waals surface area contributed by atoms with Crippen molar-refractivity contribution in [1.82, 2.24) is 0 Å². The molecule has 96 valence electrons. The van der Waals surface area contributed by atoms with Crippen LogP contribution in [-0.4, -0.2) is 26.5 Å². The van der Waals surface area contributed by atoms with Crippen molar-refractivity contribution in [1.29, 1.82) is 0 Å². The molecule has 0 aliphatic rings. The number of hydrogen-bond donors (Lipinski definition) is 1. The van der Waals surface area contributed by atoms with Crippen LogP contribution in [0.15, 0.2) is 28.7 Å². The molecule has 0 aromatic heterocycles. The molecule has 0 heterocycles. The lowest BCUT2D eigenvalue weighted by atomic mass is 10.0. The Balaban J connectivity index is 2.34. The molecule has 1 unspecified atom stereocenters. The van der Waals surface area contributed by atoms with Crippen LogP contribution in [-0.2, 0) is 16.3 Å². The van der Waals surface area contributed by atoms with E-state index in [-0.39, 0.29) is 11.8 Å². The molecule has 0 aliphatic carbocycles. The molecule has 0 saturated heterocycles. The zero-order valence-electron chi connectivity index (χ0n) is 9.90. The van der Waals surface area contributed by atoms with Gasteiger partial charge in [-0.15, -0.1) is 0 Å². The van der Waals surface area contributed by atoms with Gasteiger partial charge in [0.2, 0.25) is 0 Å². The average Bonchev–Trinajstić information content (AvgIpc) is 2.19. The molecule has 17 heavy (non-hydrogen) atoms. The fourth-order valence-corrected chi connectivity index (χ4v) is 2.59. The number of benzene rings is 1. The Labute approximate surface area is 111 Å². The van der Waals surface area contributed by atoms with Crippen molar-refractivity contribution in [3.05, 3.63) is 34.3 Å². The highest BCUT2D eigenvalue weighted by Crippen LogP contribution is 2.12. The number of halogens is 1. The summed E-state index contributed by atoms with van der Waals surface area (Å²) in [5.74, 6) is 0.223. The second-order valence-electron chi connectivity index (χ2n) is 4.36. The summed E-state index contributed by atoms with van der Waals surface area (Å²) < 4.78 is 23.0. The third-order valence-corrected chi connectivity index (χ3v) is 4.06. The van der Waals surface area contributed by atoms with Crippen molar-refractivity contribution in [3.63, 3.8) is 0 Å². The Morgan fingerprint density at radius 2 is 1.88 bits per heavy atom. The zero-order chi connectivity index (χ0) is 12.9. The highest BCUT2D eigenvalue weighted by Gasteiger charge is 2.07. The maximum Gasteiger partial charge on any atom is 0.147 e. The summed E-state index contributed by atoms with van der Waals surface area (Å²) in [5.41, 5.74) is 7.15. The van der Waals surface area contributed by atoms with Crippen LogP contribution in [0.2, 0.25) is 0 Å². The molecule has 1 aromatic rings. The monoisotopic (exact) mass is 319 g/mol. The van der Waals surface area contributed by atoms with Gasteiger partial charge in [0.15, 0.2) is 0 Å².